The van der Waals surface area contributed by atoms with Gasteiger partial charge in [-0.3, -0.25) is 4.79 Å². The molecule has 0 heterocycles. The van der Waals surface area contributed by atoms with E-state index in [4.69, 9.17) is 0 Å². The van der Waals surface area contributed by atoms with E-state index in [0.717, 1.165) is 15.6 Å². The molecule has 5 heteroatoms. The van der Waals surface area contributed by atoms with Crippen LogP contribution in [0.4, 0.5) is 0 Å². The highest BCUT2D eigenvalue weighted by Gasteiger charge is 2.02. The van der Waals surface area contributed by atoms with Crippen LogP contribution in [0.5, 0.6) is 5.75 Å². The number of halogens is 1. The number of phenolic OH excluding ortho intramolecular Hbond substituents is 1. The topological polar surface area (TPSA) is 61.7 Å². The molecule has 0 atom stereocenters. The first-order chi connectivity index (χ1) is 9.63. The van der Waals surface area contributed by atoms with E-state index in [1.165, 1.54) is 0 Å². The Morgan fingerprint density at radius 1 is 1.25 bits per heavy atom. The standard InChI is InChI=1S/C15H13BrN2O2/c16-13-6-4-11(5-7-13)10-17-18-15(20)9-12-2-1-3-14(19)8-12/h1-8,10,19H,9H2,(H,18,20)/b17-10+. The highest BCUT2D eigenvalue weighted by atomic mass is 79.9. The van der Waals surface area contributed by atoms with Crippen molar-refractivity contribution >= 4 is 28.1 Å². The van der Waals surface area contributed by atoms with Gasteiger partial charge in [0.25, 0.3) is 0 Å². The maximum absolute atomic E-state index is 11.7. The van der Waals surface area contributed by atoms with Gasteiger partial charge in [0.15, 0.2) is 0 Å². The average molecular weight is 333 g/mol. The molecule has 0 aliphatic carbocycles. The van der Waals surface area contributed by atoms with Crippen LogP contribution >= 0.6 is 15.9 Å². The number of phenols is 1. The molecule has 0 bridgehead atoms. The zero-order chi connectivity index (χ0) is 14.4. The highest BCUT2D eigenvalue weighted by Crippen LogP contribution is 2.11. The molecule has 0 radical (unpaired) electrons. The van der Waals surface area contributed by atoms with Gasteiger partial charge in [-0.2, -0.15) is 5.10 Å². The number of amides is 1. The number of carbonyl (C=O) groups excluding carboxylic acids is 1. The molecule has 102 valence electrons. The summed E-state index contributed by atoms with van der Waals surface area (Å²) in [6.45, 7) is 0. The van der Waals surface area contributed by atoms with Crippen molar-refractivity contribution in [1.82, 2.24) is 5.43 Å². The second kappa shape index (κ2) is 6.86. The van der Waals surface area contributed by atoms with Crippen molar-refractivity contribution in [2.75, 3.05) is 0 Å². The van der Waals surface area contributed by atoms with Gasteiger partial charge in [0.05, 0.1) is 12.6 Å². The third kappa shape index (κ3) is 4.51. The van der Waals surface area contributed by atoms with E-state index in [0.29, 0.717) is 0 Å². The van der Waals surface area contributed by atoms with Crippen molar-refractivity contribution in [3.8, 4) is 5.75 Å². The van der Waals surface area contributed by atoms with Gasteiger partial charge in [-0.1, -0.05) is 40.2 Å². The van der Waals surface area contributed by atoms with Crippen molar-refractivity contribution < 1.29 is 9.90 Å². The summed E-state index contributed by atoms with van der Waals surface area (Å²) >= 11 is 3.35. The molecule has 20 heavy (non-hydrogen) atoms. The Bertz CT molecular complexity index is 624. The predicted octanol–water partition coefficient (Wildman–Crippen LogP) is 2.85. The number of rotatable bonds is 4. The Balaban J connectivity index is 1.87. The largest absolute Gasteiger partial charge is 0.508 e. The predicted molar refractivity (Wildman–Crippen MR) is 81.7 cm³/mol. The molecule has 0 fully saturated rings. The van der Waals surface area contributed by atoms with Gasteiger partial charge in [-0.15, -0.1) is 0 Å². The number of benzene rings is 2. The molecular formula is C15H13BrN2O2. The van der Waals surface area contributed by atoms with Crippen molar-refractivity contribution in [3.05, 3.63) is 64.1 Å². The fourth-order valence-electron chi connectivity index (χ4n) is 1.62. The van der Waals surface area contributed by atoms with Gasteiger partial charge in [0.1, 0.15) is 5.75 Å². The molecule has 0 spiro atoms. The Morgan fingerprint density at radius 3 is 2.70 bits per heavy atom. The molecule has 2 N–H and O–H groups in total. The Morgan fingerprint density at radius 2 is 2.00 bits per heavy atom. The summed E-state index contributed by atoms with van der Waals surface area (Å²) < 4.78 is 0.988. The quantitative estimate of drug-likeness (QED) is 0.668. The summed E-state index contributed by atoms with van der Waals surface area (Å²) in [6, 6.07) is 14.2. The summed E-state index contributed by atoms with van der Waals surface area (Å²) in [4.78, 5) is 11.7. The third-order valence-electron chi connectivity index (χ3n) is 2.55. The maximum atomic E-state index is 11.7. The minimum Gasteiger partial charge on any atom is -0.508 e. The average Bonchev–Trinajstić information content (AvgIpc) is 2.41. The first-order valence-corrected chi connectivity index (χ1v) is 6.78. The first kappa shape index (κ1) is 14.3. The molecule has 0 saturated heterocycles. The smallest absolute Gasteiger partial charge is 0.244 e. The van der Waals surface area contributed by atoms with Gasteiger partial charge in [-0.25, -0.2) is 5.43 Å². The number of hydrogen-bond acceptors (Lipinski definition) is 3. The molecule has 2 rings (SSSR count). The van der Waals surface area contributed by atoms with Crippen LogP contribution in [-0.2, 0) is 11.2 Å². The SMILES string of the molecule is O=C(Cc1cccc(O)c1)N/N=C/c1ccc(Br)cc1. The van der Waals surface area contributed by atoms with E-state index in [2.05, 4.69) is 26.5 Å². The number of hydrazone groups is 1. The third-order valence-corrected chi connectivity index (χ3v) is 3.08. The number of hydrogen-bond donors (Lipinski definition) is 2. The Hall–Kier alpha value is -2.14. The number of aromatic hydroxyl groups is 1. The molecule has 1 amide bonds. The normalized spacial score (nSPS) is 10.7. The van der Waals surface area contributed by atoms with E-state index < -0.39 is 0 Å². The summed E-state index contributed by atoms with van der Waals surface area (Å²) in [5, 5.41) is 13.2. The summed E-state index contributed by atoms with van der Waals surface area (Å²) in [5.41, 5.74) is 4.08. The number of nitrogens with one attached hydrogen (secondary N) is 1. The summed E-state index contributed by atoms with van der Waals surface area (Å²) in [6.07, 6.45) is 1.75. The van der Waals surface area contributed by atoms with Gasteiger partial charge in [0.2, 0.25) is 5.91 Å². The lowest BCUT2D eigenvalue weighted by Crippen LogP contribution is -2.19. The van der Waals surface area contributed by atoms with Gasteiger partial charge in [-0.05, 0) is 35.4 Å². The molecule has 2 aromatic carbocycles. The molecular weight excluding hydrogens is 320 g/mol. The second-order valence-corrected chi connectivity index (χ2v) is 5.11. The van der Waals surface area contributed by atoms with Crippen LogP contribution in [0.1, 0.15) is 11.1 Å². The minimum absolute atomic E-state index is 0.147. The molecule has 0 aliphatic heterocycles. The van der Waals surface area contributed by atoms with Crippen LogP contribution in [0, 0.1) is 0 Å². The van der Waals surface area contributed by atoms with E-state index in [-0.39, 0.29) is 18.1 Å². The number of nitrogens with zero attached hydrogens (tertiary/aromatic N) is 1. The van der Waals surface area contributed by atoms with Crippen LogP contribution < -0.4 is 5.43 Å². The lowest BCUT2D eigenvalue weighted by molar-refractivity contribution is -0.120. The van der Waals surface area contributed by atoms with E-state index >= 15 is 0 Å². The van der Waals surface area contributed by atoms with E-state index in [1.54, 1.807) is 30.5 Å². The van der Waals surface area contributed by atoms with E-state index in [9.17, 15) is 9.90 Å². The van der Waals surface area contributed by atoms with Crippen LogP contribution in [0.2, 0.25) is 0 Å². The molecule has 0 aliphatic rings. The Labute approximate surface area is 125 Å². The molecule has 0 unspecified atom stereocenters. The zero-order valence-corrected chi connectivity index (χ0v) is 12.2. The lowest BCUT2D eigenvalue weighted by Gasteiger charge is -2.01. The highest BCUT2D eigenvalue weighted by molar-refractivity contribution is 9.10. The second-order valence-electron chi connectivity index (χ2n) is 4.19. The fraction of sp³-hybridized carbons (Fsp3) is 0.0667. The first-order valence-electron chi connectivity index (χ1n) is 5.99. The van der Waals surface area contributed by atoms with Crippen molar-refractivity contribution in [1.29, 1.82) is 0 Å². The summed E-state index contributed by atoms with van der Waals surface area (Å²) in [5.74, 6) is -0.0855. The molecule has 2 aromatic rings. The molecule has 0 aromatic heterocycles. The lowest BCUT2D eigenvalue weighted by atomic mass is 10.1. The number of carbonyl (C=O) groups is 1. The Kier molecular flexibility index (Phi) is 4.90. The van der Waals surface area contributed by atoms with Crippen LogP contribution in [0.25, 0.3) is 0 Å². The van der Waals surface area contributed by atoms with E-state index in [1.807, 2.05) is 24.3 Å². The summed E-state index contributed by atoms with van der Waals surface area (Å²) in [7, 11) is 0. The van der Waals surface area contributed by atoms with Gasteiger partial charge >= 0.3 is 0 Å². The zero-order valence-electron chi connectivity index (χ0n) is 10.6. The van der Waals surface area contributed by atoms with Gasteiger partial charge in [0, 0.05) is 4.47 Å². The monoisotopic (exact) mass is 332 g/mol. The van der Waals surface area contributed by atoms with Crippen LogP contribution in [-0.4, -0.2) is 17.2 Å². The van der Waals surface area contributed by atoms with Crippen molar-refractivity contribution in [2.45, 2.75) is 6.42 Å². The van der Waals surface area contributed by atoms with Crippen LogP contribution in [0.15, 0.2) is 58.1 Å². The molecule has 0 saturated carbocycles. The minimum atomic E-state index is -0.232. The molecule has 4 nitrogen and oxygen atoms in total. The van der Waals surface area contributed by atoms with Crippen LogP contribution in [0.3, 0.4) is 0 Å². The van der Waals surface area contributed by atoms with Gasteiger partial charge < -0.3 is 5.11 Å². The maximum Gasteiger partial charge on any atom is 0.244 e. The van der Waals surface area contributed by atoms with Crippen molar-refractivity contribution in [3.63, 3.8) is 0 Å². The fourth-order valence-corrected chi connectivity index (χ4v) is 1.88. The van der Waals surface area contributed by atoms with Crippen molar-refractivity contribution in [2.24, 2.45) is 5.10 Å².